The number of likely N-dealkylation sites (tertiary alicyclic amines) is 1. The Labute approximate surface area is 224 Å². The second-order valence-electron chi connectivity index (χ2n) is 10.3. The fraction of sp³-hybridized carbons (Fsp3) is 0.536. The van der Waals surface area contributed by atoms with Gasteiger partial charge in [-0.05, 0) is 61.6 Å². The number of piperidine rings is 1. The van der Waals surface area contributed by atoms with Crippen LogP contribution < -0.4 is 10.1 Å². The van der Waals surface area contributed by atoms with Crippen LogP contribution in [-0.2, 0) is 20.9 Å². The van der Waals surface area contributed by atoms with Gasteiger partial charge >= 0.3 is 0 Å². The summed E-state index contributed by atoms with van der Waals surface area (Å²) in [5, 5.41) is 3.70. The summed E-state index contributed by atoms with van der Waals surface area (Å²) in [5.41, 5.74) is 2.24. The lowest BCUT2D eigenvalue weighted by Crippen LogP contribution is -2.57. The fourth-order valence-corrected chi connectivity index (χ4v) is 5.32. The number of carbonyl (C=O) groups excluding carboxylic acids is 2. The van der Waals surface area contributed by atoms with E-state index < -0.39 is 5.60 Å². The number of halogens is 1. The van der Waals surface area contributed by atoms with Gasteiger partial charge in [0.15, 0.2) is 0 Å². The number of nitrogens with one attached hydrogen (secondary N) is 1. The summed E-state index contributed by atoms with van der Waals surface area (Å²) in [6.45, 7) is 9.53. The monoisotopic (exact) mass is 528 g/mol. The second kappa shape index (κ2) is 12.2. The van der Waals surface area contributed by atoms with Crippen molar-refractivity contribution in [1.29, 1.82) is 0 Å². The zero-order valence-corrected chi connectivity index (χ0v) is 22.7. The molecule has 1 unspecified atom stereocenters. The second-order valence-corrected chi connectivity index (χ2v) is 10.7. The van der Waals surface area contributed by atoms with E-state index in [2.05, 4.69) is 21.3 Å². The number of aryl methyl sites for hydroxylation is 2. The highest BCUT2D eigenvalue weighted by molar-refractivity contribution is 6.32. The van der Waals surface area contributed by atoms with Crippen molar-refractivity contribution >= 4 is 23.4 Å². The van der Waals surface area contributed by atoms with Gasteiger partial charge in [-0.2, -0.15) is 0 Å². The maximum Gasteiger partial charge on any atom is 0.225 e. The lowest BCUT2D eigenvalue weighted by molar-refractivity contribution is -0.157. The first-order valence-electron chi connectivity index (χ1n) is 12.9. The van der Waals surface area contributed by atoms with E-state index >= 15 is 0 Å². The number of hydrogen-bond donors (Lipinski definition) is 1. The molecule has 0 bridgehead atoms. The Balaban J connectivity index is 1.47. The minimum atomic E-state index is -0.784. The number of amides is 2. The molecule has 9 heteroatoms. The van der Waals surface area contributed by atoms with Crippen molar-refractivity contribution < 1.29 is 19.1 Å². The molecule has 0 spiro atoms. The lowest BCUT2D eigenvalue weighted by Gasteiger charge is -2.43. The summed E-state index contributed by atoms with van der Waals surface area (Å²) in [7, 11) is 0. The molecule has 37 heavy (non-hydrogen) atoms. The molecule has 2 aliphatic heterocycles. The number of nitrogens with zero attached hydrogens (tertiary/aromatic N) is 3. The molecule has 0 saturated carbocycles. The molecule has 200 valence electrons. The number of rotatable bonds is 8. The van der Waals surface area contributed by atoms with Gasteiger partial charge in [-0.25, -0.2) is 0 Å². The number of pyridine rings is 1. The Morgan fingerprint density at radius 1 is 1.22 bits per heavy atom. The molecule has 2 fully saturated rings. The van der Waals surface area contributed by atoms with Crippen LogP contribution in [0.1, 0.15) is 42.9 Å². The van der Waals surface area contributed by atoms with Crippen molar-refractivity contribution in [2.45, 2.75) is 58.2 Å². The van der Waals surface area contributed by atoms with Gasteiger partial charge in [-0.15, -0.1) is 0 Å². The molecule has 0 aliphatic carbocycles. The Morgan fingerprint density at radius 3 is 2.59 bits per heavy atom. The molecule has 2 saturated heterocycles. The van der Waals surface area contributed by atoms with E-state index in [0.717, 1.165) is 53.4 Å². The SMILES string of the molecule is CC(=O)NC1CCN(C(=O)CC2(COc3cc(C)c(Cl)c(C)c3)CN(Cc3cccnc3)CCO2)CC1. The van der Waals surface area contributed by atoms with Gasteiger partial charge in [0.05, 0.1) is 13.0 Å². The Hall–Kier alpha value is -2.68. The fourth-order valence-electron chi connectivity index (χ4n) is 5.21. The molecule has 3 heterocycles. The molecular weight excluding hydrogens is 492 g/mol. The van der Waals surface area contributed by atoms with E-state index in [9.17, 15) is 9.59 Å². The Bertz CT molecular complexity index is 1070. The van der Waals surface area contributed by atoms with Crippen molar-refractivity contribution in [3.05, 3.63) is 58.4 Å². The molecule has 1 aromatic carbocycles. The van der Waals surface area contributed by atoms with E-state index in [1.54, 1.807) is 6.20 Å². The van der Waals surface area contributed by atoms with E-state index in [0.29, 0.717) is 26.2 Å². The predicted octanol–water partition coefficient (Wildman–Crippen LogP) is 3.52. The van der Waals surface area contributed by atoms with Gasteiger partial charge in [-0.1, -0.05) is 17.7 Å². The topological polar surface area (TPSA) is 84.0 Å². The first-order valence-corrected chi connectivity index (χ1v) is 13.3. The van der Waals surface area contributed by atoms with E-state index in [1.165, 1.54) is 6.92 Å². The van der Waals surface area contributed by atoms with Gasteiger partial charge in [0.25, 0.3) is 0 Å². The Morgan fingerprint density at radius 2 is 1.95 bits per heavy atom. The smallest absolute Gasteiger partial charge is 0.225 e. The maximum absolute atomic E-state index is 13.5. The molecular formula is C28H37ClN4O4. The van der Waals surface area contributed by atoms with Crippen LogP contribution in [0.3, 0.4) is 0 Å². The molecule has 2 aromatic rings. The van der Waals surface area contributed by atoms with Crippen LogP contribution in [0.15, 0.2) is 36.7 Å². The van der Waals surface area contributed by atoms with Crippen LogP contribution in [0, 0.1) is 13.8 Å². The molecule has 0 radical (unpaired) electrons. The third-order valence-electron chi connectivity index (χ3n) is 7.10. The average Bonchev–Trinajstić information content (AvgIpc) is 2.87. The van der Waals surface area contributed by atoms with Crippen molar-refractivity contribution in [2.24, 2.45) is 0 Å². The summed E-state index contributed by atoms with van der Waals surface area (Å²) < 4.78 is 12.6. The highest BCUT2D eigenvalue weighted by atomic mass is 35.5. The van der Waals surface area contributed by atoms with Crippen LogP contribution in [-0.4, -0.2) is 77.6 Å². The molecule has 4 rings (SSSR count). The standard InChI is InChI=1S/C28H37ClN4O4/c1-20-13-25(14-21(2)27(20)29)36-19-28(15-26(35)33-9-6-24(7-10-33)31-22(3)34)18-32(11-12-37-28)17-23-5-4-8-30-16-23/h4-5,8,13-14,16,24H,6-7,9-12,15,17-19H2,1-3H3,(H,31,34). The minimum absolute atomic E-state index is 0.0298. The largest absolute Gasteiger partial charge is 0.490 e. The van der Waals surface area contributed by atoms with E-state index in [4.69, 9.17) is 21.1 Å². The van der Waals surface area contributed by atoms with Crippen LogP contribution in [0.4, 0.5) is 0 Å². The maximum atomic E-state index is 13.5. The van der Waals surface area contributed by atoms with Gasteiger partial charge in [-0.3, -0.25) is 19.5 Å². The van der Waals surface area contributed by atoms with Crippen molar-refractivity contribution in [1.82, 2.24) is 20.1 Å². The van der Waals surface area contributed by atoms with Gasteiger partial charge < -0.3 is 19.7 Å². The highest BCUT2D eigenvalue weighted by Gasteiger charge is 2.41. The number of ether oxygens (including phenoxy) is 2. The van der Waals surface area contributed by atoms with Gasteiger partial charge in [0.2, 0.25) is 11.8 Å². The molecule has 1 atom stereocenters. The predicted molar refractivity (Wildman–Crippen MR) is 143 cm³/mol. The number of morpholine rings is 1. The first kappa shape index (κ1) is 27.4. The summed E-state index contributed by atoms with van der Waals surface area (Å²) >= 11 is 6.35. The summed E-state index contributed by atoms with van der Waals surface area (Å²) in [6.07, 6.45) is 5.38. The van der Waals surface area contributed by atoms with Crippen LogP contribution in [0.2, 0.25) is 5.02 Å². The first-order chi connectivity index (χ1) is 17.7. The van der Waals surface area contributed by atoms with Crippen LogP contribution >= 0.6 is 11.6 Å². The normalized spacial score (nSPS) is 21.0. The number of benzene rings is 1. The molecule has 2 amide bonds. The summed E-state index contributed by atoms with van der Waals surface area (Å²) in [5.74, 6) is 0.741. The van der Waals surface area contributed by atoms with Crippen molar-refractivity contribution in [3.8, 4) is 5.75 Å². The number of hydrogen-bond acceptors (Lipinski definition) is 6. The average molecular weight is 529 g/mol. The molecule has 2 aliphatic rings. The zero-order valence-electron chi connectivity index (χ0n) is 22.0. The van der Waals surface area contributed by atoms with E-state index in [1.807, 2.05) is 43.1 Å². The number of aromatic nitrogens is 1. The third kappa shape index (κ3) is 7.43. The molecule has 1 aromatic heterocycles. The van der Waals surface area contributed by atoms with E-state index in [-0.39, 0.29) is 30.9 Å². The van der Waals surface area contributed by atoms with Crippen LogP contribution in [0.25, 0.3) is 0 Å². The highest BCUT2D eigenvalue weighted by Crippen LogP contribution is 2.30. The van der Waals surface area contributed by atoms with Gasteiger partial charge in [0.1, 0.15) is 18.0 Å². The third-order valence-corrected chi connectivity index (χ3v) is 7.69. The molecule has 1 N–H and O–H groups in total. The van der Waals surface area contributed by atoms with Gasteiger partial charge in [0, 0.05) is 63.1 Å². The zero-order chi connectivity index (χ0) is 26.4. The number of carbonyl (C=O) groups is 2. The molecule has 8 nitrogen and oxygen atoms in total. The summed E-state index contributed by atoms with van der Waals surface area (Å²) in [4.78, 5) is 33.3. The Kier molecular flexibility index (Phi) is 9.05. The van der Waals surface area contributed by atoms with Crippen molar-refractivity contribution in [2.75, 3.05) is 39.4 Å². The van der Waals surface area contributed by atoms with Crippen molar-refractivity contribution in [3.63, 3.8) is 0 Å². The van der Waals surface area contributed by atoms with Crippen LogP contribution in [0.5, 0.6) is 5.75 Å². The quantitative estimate of drug-likeness (QED) is 0.564. The minimum Gasteiger partial charge on any atom is -0.490 e. The lowest BCUT2D eigenvalue weighted by atomic mass is 9.95. The summed E-state index contributed by atoms with van der Waals surface area (Å²) in [6, 6.07) is 7.97.